The van der Waals surface area contributed by atoms with E-state index in [0.717, 1.165) is 31.0 Å². The molecule has 1 aliphatic heterocycles. The second kappa shape index (κ2) is 5.83. The highest BCUT2D eigenvalue weighted by Gasteiger charge is 2.17. The summed E-state index contributed by atoms with van der Waals surface area (Å²) in [4.78, 5) is 0. The van der Waals surface area contributed by atoms with Gasteiger partial charge in [0.25, 0.3) is 0 Å². The summed E-state index contributed by atoms with van der Waals surface area (Å²) in [7, 11) is 1.66. The monoisotopic (exact) mass is 229 g/mol. The summed E-state index contributed by atoms with van der Waals surface area (Å²) in [5.41, 5.74) is 0. The smallest absolute Gasteiger partial charge is 0.161 e. The lowest BCUT2D eigenvalue weighted by Crippen LogP contribution is -2.19. The largest absolute Gasteiger partial charge is 0.493 e. The van der Waals surface area contributed by atoms with Gasteiger partial charge in [0, 0.05) is 6.54 Å². The zero-order valence-corrected chi connectivity index (χ0v) is 9.55. The van der Waals surface area contributed by atoms with Crippen molar-refractivity contribution in [2.24, 2.45) is 0 Å². The third-order valence-corrected chi connectivity index (χ3v) is 2.38. The van der Waals surface area contributed by atoms with Crippen LogP contribution in [0.3, 0.4) is 0 Å². The molecule has 0 saturated carbocycles. The summed E-state index contributed by atoms with van der Waals surface area (Å²) in [6.45, 7) is 1.97. The van der Waals surface area contributed by atoms with E-state index in [1.54, 1.807) is 7.11 Å². The molecule has 1 aromatic carbocycles. The van der Waals surface area contributed by atoms with Gasteiger partial charge in [-0.05, 0) is 25.1 Å². The Kier molecular flexibility index (Phi) is 4.72. The van der Waals surface area contributed by atoms with Crippen molar-refractivity contribution in [1.82, 2.24) is 5.32 Å². The minimum Gasteiger partial charge on any atom is -0.493 e. The molecule has 1 unspecified atom stereocenters. The van der Waals surface area contributed by atoms with Gasteiger partial charge < -0.3 is 14.8 Å². The van der Waals surface area contributed by atoms with Crippen LogP contribution < -0.4 is 14.8 Å². The minimum absolute atomic E-state index is 0. The molecule has 0 amide bonds. The van der Waals surface area contributed by atoms with Crippen molar-refractivity contribution in [2.45, 2.75) is 12.5 Å². The SMILES string of the molecule is COc1ccccc1OC1CCNC1.Cl. The van der Waals surface area contributed by atoms with Gasteiger partial charge in [-0.25, -0.2) is 0 Å². The van der Waals surface area contributed by atoms with Crippen molar-refractivity contribution in [1.29, 1.82) is 0 Å². The number of methoxy groups -OCH3 is 1. The Bertz CT molecular complexity index is 300. The lowest BCUT2D eigenvalue weighted by molar-refractivity contribution is 0.213. The summed E-state index contributed by atoms with van der Waals surface area (Å²) in [5.74, 6) is 1.64. The second-order valence-corrected chi connectivity index (χ2v) is 3.38. The summed E-state index contributed by atoms with van der Waals surface area (Å²) in [6.07, 6.45) is 1.35. The average Bonchev–Trinajstić information content (AvgIpc) is 2.71. The van der Waals surface area contributed by atoms with Crippen molar-refractivity contribution >= 4 is 12.4 Å². The highest BCUT2D eigenvalue weighted by atomic mass is 35.5. The van der Waals surface area contributed by atoms with Crippen molar-refractivity contribution in [3.8, 4) is 11.5 Å². The van der Waals surface area contributed by atoms with Crippen molar-refractivity contribution in [3.63, 3.8) is 0 Å². The predicted molar refractivity (Wildman–Crippen MR) is 62.1 cm³/mol. The number of nitrogens with one attached hydrogen (secondary N) is 1. The first-order valence-electron chi connectivity index (χ1n) is 4.90. The molecule has 0 spiro atoms. The maximum atomic E-state index is 5.81. The van der Waals surface area contributed by atoms with E-state index < -0.39 is 0 Å². The fourth-order valence-corrected chi connectivity index (χ4v) is 1.62. The van der Waals surface area contributed by atoms with Gasteiger partial charge in [0.15, 0.2) is 11.5 Å². The van der Waals surface area contributed by atoms with Crippen LogP contribution in [0.2, 0.25) is 0 Å². The Morgan fingerprint density at radius 3 is 2.60 bits per heavy atom. The van der Waals surface area contributed by atoms with Gasteiger partial charge in [0.2, 0.25) is 0 Å². The van der Waals surface area contributed by atoms with Crippen LogP contribution in [-0.2, 0) is 0 Å². The summed E-state index contributed by atoms with van der Waals surface area (Å²) in [6, 6.07) is 7.76. The molecule has 3 nitrogen and oxygen atoms in total. The Morgan fingerprint density at radius 2 is 2.00 bits per heavy atom. The van der Waals surface area contributed by atoms with E-state index in [1.165, 1.54) is 0 Å². The quantitative estimate of drug-likeness (QED) is 0.858. The number of rotatable bonds is 3. The lowest BCUT2D eigenvalue weighted by Gasteiger charge is -2.14. The molecule has 1 heterocycles. The van der Waals surface area contributed by atoms with Crippen LogP contribution in [0.15, 0.2) is 24.3 Å². The number of ether oxygens (including phenoxy) is 2. The average molecular weight is 230 g/mol. The van der Waals surface area contributed by atoms with E-state index in [0.29, 0.717) is 0 Å². The molecule has 1 fully saturated rings. The molecular weight excluding hydrogens is 214 g/mol. The van der Waals surface area contributed by atoms with Crippen molar-refractivity contribution < 1.29 is 9.47 Å². The number of benzene rings is 1. The highest BCUT2D eigenvalue weighted by Crippen LogP contribution is 2.27. The zero-order chi connectivity index (χ0) is 9.80. The highest BCUT2D eigenvalue weighted by molar-refractivity contribution is 5.85. The maximum Gasteiger partial charge on any atom is 0.161 e. The third kappa shape index (κ3) is 3.01. The van der Waals surface area contributed by atoms with Gasteiger partial charge in [-0.3, -0.25) is 0 Å². The molecule has 4 heteroatoms. The summed E-state index contributed by atoms with van der Waals surface area (Å²) < 4.78 is 11.0. The number of hydrogen-bond acceptors (Lipinski definition) is 3. The molecule has 1 aromatic rings. The standard InChI is InChI=1S/C11H15NO2.ClH/c1-13-10-4-2-3-5-11(10)14-9-6-7-12-8-9;/h2-5,9,12H,6-8H2,1H3;1H. The lowest BCUT2D eigenvalue weighted by atomic mass is 10.3. The topological polar surface area (TPSA) is 30.5 Å². The van der Waals surface area contributed by atoms with Gasteiger partial charge in [0.05, 0.1) is 7.11 Å². The van der Waals surface area contributed by atoms with Crippen LogP contribution in [0.1, 0.15) is 6.42 Å². The molecule has 1 aliphatic rings. The first-order chi connectivity index (χ1) is 6.90. The first-order valence-corrected chi connectivity index (χ1v) is 4.90. The third-order valence-electron chi connectivity index (χ3n) is 2.38. The van der Waals surface area contributed by atoms with E-state index >= 15 is 0 Å². The molecule has 0 bridgehead atoms. The van der Waals surface area contributed by atoms with E-state index in [2.05, 4.69) is 5.32 Å². The van der Waals surface area contributed by atoms with Gasteiger partial charge in [-0.1, -0.05) is 12.1 Å². The molecule has 1 N–H and O–H groups in total. The van der Waals surface area contributed by atoms with E-state index in [4.69, 9.17) is 9.47 Å². The maximum absolute atomic E-state index is 5.81. The predicted octanol–water partition coefficient (Wildman–Crippen LogP) is 1.86. The molecule has 15 heavy (non-hydrogen) atoms. The van der Waals surface area contributed by atoms with Crippen LogP contribution >= 0.6 is 12.4 Å². The number of hydrogen-bond donors (Lipinski definition) is 1. The molecule has 2 rings (SSSR count). The van der Waals surface area contributed by atoms with Crippen LogP contribution in [0.25, 0.3) is 0 Å². The van der Waals surface area contributed by atoms with E-state index in [1.807, 2.05) is 24.3 Å². The van der Waals surface area contributed by atoms with E-state index in [-0.39, 0.29) is 18.5 Å². The fraction of sp³-hybridized carbons (Fsp3) is 0.455. The van der Waals surface area contributed by atoms with Crippen LogP contribution in [0.4, 0.5) is 0 Å². The Labute approximate surface area is 96.2 Å². The van der Waals surface area contributed by atoms with Gasteiger partial charge in [-0.2, -0.15) is 0 Å². The van der Waals surface area contributed by atoms with E-state index in [9.17, 15) is 0 Å². The minimum atomic E-state index is 0. The zero-order valence-electron chi connectivity index (χ0n) is 8.73. The second-order valence-electron chi connectivity index (χ2n) is 3.38. The van der Waals surface area contributed by atoms with Crippen molar-refractivity contribution in [3.05, 3.63) is 24.3 Å². The number of para-hydroxylation sites is 2. The molecule has 84 valence electrons. The Morgan fingerprint density at radius 1 is 1.27 bits per heavy atom. The molecule has 0 aromatic heterocycles. The van der Waals surface area contributed by atoms with Gasteiger partial charge in [0.1, 0.15) is 6.10 Å². The Hall–Kier alpha value is -0.930. The van der Waals surface area contributed by atoms with Gasteiger partial charge >= 0.3 is 0 Å². The van der Waals surface area contributed by atoms with Crippen molar-refractivity contribution in [2.75, 3.05) is 20.2 Å². The molecule has 1 atom stereocenters. The normalized spacial score (nSPS) is 19.4. The molecule has 1 saturated heterocycles. The summed E-state index contributed by atoms with van der Waals surface area (Å²) in [5, 5.41) is 3.26. The Balaban J connectivity index is 0.00000112. The van der Waals surface area contributed by atoms with Crippen LogP contribution in [-0.4, -0.2) is 26.3 Å². The molecule has 0 radical (unpaired) electrons. The number of halogens is 1. The summed E-state index contributed by atoms with van der Waals surface area (Å²) >= 11 is 0. The van der Waals surface area contributed by atoms with Gasteiger partial charge in [-0.15, -0.1) is 12.4 Å². The first kappa shape index (κ1) is 12.1. The molecular formula is C11H16ClNO2. The molecule has 0 aliphatic carbocycles. The van der Waals surface area contributed by atoms with Crippen LogP contribution in [0.5, 0.6) is 11.5 Å². The van der Waals surface area contributed by atoms with Crippen LogP contribution in [0, 0.1) is 0 Å². The fourth-order valence-electron chi connectivity index (χ4n) is 1.62.